The molecule has 1 aliphatic rings. The van der Waals surface area contributed by atoms with Crippen molar-refractivity contribution in [3.63, 3.8) is 0 Å². The zero-order valence-electron chi connectivity index (χ0n) is 14.4. The number of carbonyl (C=O) groups is 1. The van der Waals surface area contributed by atoms with Gasteiger partial charge in [0, 0.05) is 38.3 Å². The number of carbonyl (C=O) groups excluding carboxylic acids is 1. The van der Waals surface area contributed by atoms with E-state index in [9.17, 15) is 4.79 Å². The lowest BCUT2D eigenvalue weighted by Gasteiger charge is -2.34. The normalized spacial score (nSPS) is 15.3. The van der Waals surface area contributed by atoms with Crippen molar-refractivity contribution >= 4 is 5.91 Å². The van der Waals surface area contributed by atoms with Crippen molar-refractivity contribution in [2.45, 2.75) is 13.5 Å². The van der Waals surface area contributed by atoms with Crippen molar-refractivity contribution in [1.82, 2.24) is 9.80 Å². The van der Waals surface area contributed by atoms with Crippen LogP contribution in [-0.2, 0) is 6.54 Å². The topological polar surface area (TPSA) is 32.8 Å². The lowest BCUT2D eigenvalue weighted by Crippen LogP contribution is -2.48. The number of methoxy groups -OCH3 is 1. The van der Waals surface area contributed by atoms with E-state index in [-0.39, 0.29) is 5.91 Å². The van der Waals surface area contributed by atoms with E-state index in [1.807, 2.05) is 48.2 Å². The number of rotatable bonds is 4. The Hall–Kier alpha value is -2.33. The largest absolute Gasteiger partial charge is 0.497 e. The molecule has 2 aromatic carbocycles. The summed E-state index contributed by atoms with van der Waals surface area (Å²) in [6, 6.07) is 16.0. The second-order valence-corrected chi connectivity index (χ2v) is 6.28. The van der Waals surface area contributed by atoms with Crippen molar-refractivity contribution in [2.24, 2.45) is 0 Å². The molecule has 1 heterocycles. The van der Waals surface area contributed by atoms with Gasteiger partial charge in [-0.05, 0) is 36.8 Å². The monoisotopic (exact) mass is 324 g/mol. The standard InChI is InChI=1S/C20H24N2O2/c1-16-3-7-18(8-4-16)20(23)22-13-11-21(12-14-22)15-17-5-9-19(24-2)10-6-17/h3-10H,11-15H2,1-2H3. The summed E-state index contributed by atoms with van der Waals surface area (Å²) in [4.78, 5) is 16.9. The van der Waals surface area contributed by atoms with Crippen LogP contribution in [0.4, 0.5) is 0 Å². The Balaban J connectivity index is 1.53. The first kappa shape index (κ1) is 16.5. The first-order valence-electron chi connectivity index (χ1n) is 8.37. The fourth-order valence-electron chi connectivity index (χ4n) is 2.98. The highest BCUT2D eigenvalue weighted by atomic mass is 16.5. The number of amides is 1. The Kier molecular flexibility index (Phi) is 5.16. The van der Waals surface area contributed by atoms with E-state index in [0.717, 1.165) is 44.0 Å². The maximum absolute atomic E-state index is 12.5. The third-order valence-corrected chi connectivity index (χ3v) is 4.52. The highest BCUT2D eigenvalue weighted by Gasteiger charge is 2.22. The van der Waals surface area contributed by atoms with Crippen LogP contribution >= 0.6 is 0 Å². The molecular weight excluding hydrogens is 300 g/mol. The average molecular weight is 324 g/mol. The minimum atomic E-state index is 0.138. The minimum Gasteiger partial charge on any atom is -0.497 e. The summed E-state index contributed by atoms with van der Waals surface area (Å²) in [5.74, 6) is 1.02. The fraction of sp³-hybridized carbons (Fsp3) is 0.350. The molecule has 0 aromatic heterocycles. The molecule has 4 heteroatoms. The van der Waals surface area contributed by atoms with Crippen molar-refractivity contribution in [3.8, 4) is 5.75 Å². The van der Waals surface area contributed by atoms with Crippen LogP contribution in [0, 0.1) is 6.92 Å². The molecule has 0 radical (unpaired) electrons. The molecule has 4 nitrogen and oxygen atoms in total. The molecule has 3 rings (SSSR count). The summed E-state index contributed by atoms with van der Waals surface area (Å²) in [5.41, 5.74) is 3.23. The van der Waals surface area contributed by atoms with Crippen LogP contribution in [0.3, 0.4) is 0 Å². The maximum atomic E-state index is 12.5. The van der Waals surface area contributed by atoms with E-state index in [1.54, 1.807) is 7.11 Å². The Morgan fingerprint density at radius 2 is 1.58 bits per heavy atom. The number of aryl methyl sites for hydroxylation is 1. The molecule has 1 amide bonds. The van der Waals surface area contributed by atoms with Gasteiger partial charge in [-0.3, -0.25) is 9.69 Å². The molecule has 1 aliphatic heterocycles. The van der Waals surface area contributed by atoms with E-state index >= 15 is 0 Å². The summed E-state index contributed by atoms with van der Waals surface area (Å²) in [6.07, 6.45) is 0. The van der Waals surface area contributed by atoms with E-state index < -0.39 is 0 Å². The number of piperazine rings is 1. The fourth-order valence-corrected chi connectivity index (χ4v) is 2.98. The van der Waals surface area contributed by atoms with Crippen LogP contribution in [0.15, 0.2) is 48.5 Å². The SMILES string of the molecule is COc1ccc(CN2CCN(C(=O)c3ccc(C)cc3)CC2)cc1. The molecule has 1 saturated heterocycles. The molecule has 0 aliphatic carbocycles. The first-order valence-corrected chi connectivity index (χ1v) is 8.37. The molecule has 24 heavy (non-hydrogen) atoms. The van der Waals surface area contributed by atoms with E-state index in [1.165, 1.54) is 11.1 Å². The van der Waals surface area contributed by atoms with E-state index in [0.29, 0.717) is 0 Å². The van der Waals surface area contributed by atoms with Gasteiger partial charge in [0.05, 0.1) is 7.11 Å². The zero-order chi connectivity index (χ0) is 16.9. The average Bonchev–Trinajstić information content (AvgIpc) is 2.63. The molecule has 0 N–H and O–H groups in total. The molecule has 1 fully saturated rings. The van der Waals surface area contributed by atoms with Crippen LogP contribution in [0.1, 0.15) is 21.5 Å². The molecule has 126 valence electrons. The number of benzene rings is 2. The van der Waals surface area contributed by atoms with Crippen molar-refractivity contribution in [3.05, 3.63) is 65.2 Å². The highest BCUT2D eigenvalue weighted by Crippen LogP contribution is 2.15. The predicted octanol–water partition coefficient (Wildman–Crippen LogP) is 2.96. The van der Waals surface area contributed by atoms with Gasteiger partial charge in [0.1, 0.15) is 5.75 Å². The molecular formula is C20H24N2O2. The molecule has 0 bridgehead atoms. The van der Waals surface area contributed by atoms with Gasteiger partial charge in [-0.1, -0.05) is 29.8 Å². The predicted molar refractivity (Wildman–Crippen MR) is 95.4 cm³/mol. The number of ether oxygens (including phenoxy) is 1. The maximum Gasteiger partial charge on any atom is 0.253 e. The van der Waals surface area contributed by atoms with E-state index in [2.05, 4.69) is 17.0 Å². The van der Waals surface area contributed by atoms with Crippen molar-refractivity contribution in [2.75, 3.05) is 33.3 Å². The highest BCUT2D eigenvalue weighted by molar-refractivity contribution is 5.94. The van der Waals surface area contributed by atoms with Crippen molar-refractivity contribution < 1.29 is 9.53 Å². The van der Waals surface area contributed by atoms with E-state index in [4.69, 9.17) is 4.74 Å². The Bertz CT molecular complexity index is 672. The van der Waals surface area contributed by atoms with Gasteiger partial charge < -0.3 is 9.64 Å². The Labute approximate surface area is 143 Å². The zero-order valence-corrected chi connectivity index (χ0v) is 14.4. The number of hydrogen-bond acceptors (Lipinski definition) is 3. The molecule has 0 saturated carbocycles. The third-order valence-electron chi connectivity index (χ3n) is 4.52. The van der Waals surface area contributed by atoms with Gasteiger partial charge in [0.15, 0.2) is 0 Å². The van der Waals surface area contributed by atoms with Crippen LogP contribution in [0.5, 0.6) is 5.75 Å². The van der Waals surface area contributed by atoms with Gasteiger partial charge in [-0.25, -0.2) is 0 Å². The molecule has 2 aromatic rings. The Morgan fingerprint density at radius 1 is 0.958 bits per heavy atom. The Morgan fingerprint density at radius 3 is 2.17 bits per heavy atom. The summed E-state index contributed by atoms with van der Waals surface area (Å²) in [7, 11) is 1.68. The van der Waals surface area contributed by atoms with Crippen molar-refractivity contribution in [1.29, 1.82) is 0 Å². The summed E-state index contributed by atoms with van der Waals surface area (Å²) < 4.78 is 5.19. The molecule has 0 unspecified atom stereocenters. The summed E-state index contributed by atoms with van der Waals surface area (Å²) in [5, 5.41) is 0. The molecule has 0 atom stereocenters. The summed E-state index contributed by atoms with van der Waals surface area (Å²) in [6.45, 7) is 6.32. The smallest absolute Gasteiger partial charge is 0.253 e. The van der Waals surface area contributed by atoms with Crippen LogP contribution in [0.25, 0.3) is 0 Å². The minimum absolute atomic E-state index is 0.138. The lowest BCUT2D eigenvalue weighted by atomic mass is 10.1. The van der Waals surface area contributed by atoms with Gasteiger partial charge in [0.25, 0.3) is 5.91 Å². The second kappa shape index (κ2) is 7.49. The van der Waals surface area contributed by atoms with Gasteiger partial charge in [-0.2, -0.15) is 0 Å². The van der Waals surface area contributed by atoms with Gasteiger partial charge in [-0.15, -0.1) is 0 Å². The molecule has 0 spiro atoms. The summed E-state index contributed by atoms with van der Waals surface area (Å²) >= 11 is 0. The third kappa shape index (κ3) is 3.95. The van der Waals surface area contributed by atoms with Gasteiger partial charge in [0.2, 0.25) is 0 Å². The quantitative estimate of drug-likeness (QED) is 0.867. The first-order chi connectivity index (χ1) is 11.7. The lowest BCUT2D eigenvalue weighted by molar-refractivity contribution is 0.0628. The number of hydrogen-bond donors (Lipinski definition) is 0. The number of nitrogens with zero attached hydrogens (tertiary/aromatic N) is 2. The van der Waals surface area contributed by atoms with Crippen LogP contribution in [-0.4, -0.2) is 49.0 Å². The van der Waals surface area contributed by atoms with Gasteiger partial charge >= 0.3 is 0 Å². The van der Waals surface area contributed by atoms with Crippen LogP contribution < -0.4 is 4.74 Å². The second-order valence-electron chi connectivity index (χ2n) is 6.28. The van der Waals surface area contributed by atoms with Crippen LogP contribution in [0.2, 0.25) is 0 Å².